The molecule has 1 amide bonds. The number of hydrogen-bond donors (Lipinski definition) is 2. The minimum atomic E-state index is -4.51. The van der Waals surface area contributed by atoms with E-state index in [1.165, 1.54) is 12.5 Å². The van der Waals surface area contributed by atoms with E-state index < -0.39 is 18.4 Å². The van der Waals surface area contributed by atoms with E-state index in [2.05, 4.69) is 20.5 Å². The summed E-state index contributed by atoms with van der Waals surface area (Å²) in [5.74, 6) is -0.0839. The van der Waals surface area contributed by atoms with E-state index in [0.29, 0.717) is 58.9 Å². The third kappa shape index (κ3) is 11.8. The SMILES string of the molecule is CC/C=C(\F)c1cc(/C(=C(\CC(F)(F)F)c2ccccc2)c2ccc(OC3CCCN(C/C=C/C(=O)NC4CCCC4)C3)nc2)ccc1NC1CCCCC1. The van der Waals surface area contributed by atoms with Crippen molar-refractivity contribution < 1.29 is 27.1 Å². The number of halogens is 4. The van der Waals surface area contributed by atoms with Crippen LogP contribution in [0, 0.1) is 0 Å². The fourth-order valence-electron chi connectivity index (χ4n) is 8.14. The summed E-state index contributed by atoms with van der Waals surface area (Å²) >= 11 is 0. The topological polar surface area (TPSA) is 66.5 Å². The standard InChI is InChI=1S/C45H54F4N4O2/c1-2-13-40(46)38-28-33(22-24-41(38)51-35-16-7-4-8-17-35)44(39(29-45(47,48)49)32-14-5-3-6-15-32)34-23-25-43(50-30-34)55-37-20-11-26-53(31-37)27-12-21-42(54)52-36-18-9-10-19-36/h3,5-6,12-15,21-25,28,30,35-37,51H,2,4,7-11,16-20,26-27,29,31H2,1H3,(H,52,54)/b21-12+,40-13-,44-39-. The number of allylic oxidation sites excluding steroid dienone is 2. The molecule has 55 heavy (non-hydrogen) atoms. The van der Waals surface area contributed by atoms with Crippen molar-refractivity contribution in [2.75, 3.05) is 25.0 Å². The molecule has 1 aliphatic heterocycles. The molecule has 2 aliphatic carbocycles. The Bertz CT molecular complexity index is 1790. The van der Waals surface area contributed by atoms with Crippen molar-refractivity contribution in [3.8, 4) is 5.88 Å². The molecule has 0 bridgehead atoms. The maximum absolute atomic E-state index is 15.8. The maximum Gasteiger partial charge on any atom is 0.393 e. The predicted molar refractivity (Wildman–Crippen MR) is 213 cm³/mol. The molecule has 2 aromatic carbocycles. The molecule has 3 aromatic rings. The lowest BCUT2D eigenvalue weighted by molar-refractivity contribution is -0.123. The molecule has 2 saturated carbocycles. The molecule has 3 aliphatic rings. The number of piperidine rings is 1. The number of nitrogens with zero attached hydrogens (tertiary/aromatic N) is 2. The average Bonchev–Trinajstić information content (AvgIpc) is 3.69. The second-order valence-electron chi connectivity index (χ2n) is 15.1. The number of aromatic nitrogens is 1. The largest absolute Gasteiger partial charge is 0.473 e. The highest BCUT2D eigenvalue weighted by Crippen LogP contribution is 2.41. The summed E-state index contributed by atoms with van der Waals surface area (Å²) in [4.78, 5) is 19.2. The quantitative estimate of drug-likeness (QED) is 0.0974. The van der Waals surface area contributed by atoms with Crippen LogP contribution in [0.25, 0.3) is 17.0 Å². The van der Waals surface area contributed by atoms with Crippen molar-refractivity contribution in [2.45, 2.75) is 115 Å². The minimum absolute atomic E-state index is 0.0501. The number of carbonyl (C=O) groups is 1. The number of hydrogen-bond acceptors (Lipinski definition) is 5. The van der Waals surface area contributed by atoms with Crippen LogP contribution in [0.1, 0.15) is 113 Å². The van der Waals surface area contributed by atoms with Gasteiger partial charge in [0.15, 0.2) is 0 Å². The van der Waals surface area contributed by atoms with Crippen LogP contribution >= 0.6 is 0 Å². The fraction of sp³-hybridized carbons (Fsp3) is 0.467. The lowest BCUT2D eigenvalue weighted by atomic mass is 9.87. The van der Waals surface area contributed by atoms with Gasteiger partial charge in [-0.3, -0.25) is 9.69 Å². The summed E-state index contributed by atoms with van der Waals surface area (Å²) in [6.07, 6.45) is 12.8. The van der Waals surface area contributed by atoms with Crippen molar-refractivity contribution in [2.24, 2.45) is 0 Å². The number of pyridine rings is 1. The Hall–Kier alpha value is -4.44. The number of benzene rings is 2. The summed E-state index contributed by atoms with van der Waals surface area (Å²) in [6, 6.07) is 17.8. The molecule has 1 saturated heterocycles. The smallest absolute Gasteiger partial charge is 0.393 e. The normalized spacial score (nSPS) is 19.7. The molecule has 294 valence electrons. The van der Waals surface area contributed by atoms with Gasteiger partial charge in [0.25, 0.3) is 0 Å². The van der Waals surface area contributed by atoms with Gasteiger partial charge in [-0.05, 0) is 98.0 Å². The van der Waals surface area contributed by atoms with Gasteiger partial charge in [0, 0.05) is 60.3 Å². The molecule has 1 unspecified atom stereocenters. The molecular formula is C45H54F4N4O2. The maximum atomic E-state index is 15.8. The monoisotopic (exact) mass is 758 g/mol. The molecule has 6 nitrogen and oxygen atoms in total. The van der Waals surface area contributed by atoms with Crippen LogP contribution in [0.2, 0.25) is 0 Å². The van der Waals surface area contributed by atoms with Gasteiger partial charge < -0.3 is 15.4 Å². The Balaban J connectivity index is 1.27. The Labute approximate surface area is 323 Å². The predicted octanol–water partition coefficient (Wildman–Crippen LogP) is 10.9. The second-order valence-corrected chi connectivity index (χ2v) is 15.1. The number of amides is 1. The van der Waals surface area contributed by atoms with Gasteiger partial charge in [0.2, 0.25) is 11.8 Å². The Morgan fingerprint density at radius 2 is 1.62 bits per heavy atom. The number of carbonyl (C=O) groups excluding carboxylic acids is 1. The molecular weight excluding hydrogens is 705 g/mol. The zero-order valence-electron chi connectivity index (χ0n) is 31.9. The van der Waals surface area contributed by atoms with Gasteiger partial charge in [-0.15, -0.1) is 0 Å². The van der Waals surface area contributed by atoms with E-state index in [1.807, 2.05) is 13.0 Å². The van der Waals surface area contributed by atoms with E-state index in [0.717, 1.165) is 70.8 Å². The highest BCUT2D eigenvalue weighted by molar-refractivity contribution is 5.99. The van der Waals surface area contributed by atoms with Crippen molar-refractivity contribution in [3.63, 3.8) is 0 Å². The van der Waals surface area contributed by atoms with Crippen LogP contribution in [0.3, 0.4) is 0 Å². The second kappa shape index (κ2) is 19.4. The molecule has 2 heterocycles. The van der Waals surface area contributed by atoms with Gasteiger partial charge in [-0.25, -0.2) is 9.37 Å². The molecule has 10 heteroatoms. The Kier molecular flexibility index (Phi) is 14.2. The van der Waals surface area contributed by atoms with Crippen molar-refractivity contribution in [3.05, 3.63) is 107 Å². The van der Waals surface area contributed by atoms with Gasteiger partial charge in [0.1, 0.15) is 11.9 Å². The first kappa shape index (κ1) is 40.2. The molecule has 1 aromatic heterocycles. The highest BCUT2D eigenvalue weighted by atomic mass is 19.4. The third-order valence-corrected chi connectivity index (χ3v) is 10.8. The molecule has 0 spiro atoms. The number of ether oxygens (including phenoxy) is 1. The lowest BCUT2D eigenvalue weighted by Crippen LogP contribution is -2.41. The number of likely N-dealkylation sites (tertiary alicyclic amines) is 1. The van der Waals surface area contributed by atoms with Crippen LogP contribution in [0.4, 0.5) is 23.2 Å². The first-order chi connectivity index (χ1) is 26.6. The Morgan fingerprint density at radius 1 is 0.891 bits per heavy atom. The fourth-order valence-corrected chi connectivity index (χ4v) is 8.14. The van der Waals surface area contributed by atoms with Gasteiger partial charge >= 0.3 is 6.18 Å². The van der Waals surface area contributed by atoms with Crippen LogP contribution in [-0.2, 0) is 4.79 Å². The molecule has 6 rings (SSSR count). The van der Waals surface area contributed by atoms with Crippen LogP contribution in [-0.4, -0.2) is 59.8 Å². The number of nitrogens with one attached hydrogen (secondary N) is 2. The van der Waals surface area contributed by atoms with Gasteiger partial charge in [-0.2, -0.15) is 13.2 Å². The summed E-state index contributed by atoms with van der Waals surface area (Å²) in [6.45, 7) is 4.04. The zero-order chi connectivity index (χ0) is 38.6. The minimum Gasteiger partial charge on any atom is -0.473 e. The summed E-state index contributed by atoms with van der Waals surface area (Å²) in [5.41, 5.74) is 2.76. The summed E-state index contributed by atoms with van der Waals surface area (Å²) < 4.78 is 65.3. The van der Waals surface area contributed by atoms with Crippen molar-refractivity contribution >= 4 is 28.6 Å². The van der Waals surface area contributed by atoms with Crippen LogP contribution in [0.15, 0.2) is 85.1 Å². The van der Waals surface area contributed by atoms with Gasteiger partial charge in [-0.1, -0.05) is 81.5 Å². The average molecular weight is 759 g/mol. The molecule has 3 fully saturated rings. The number of rotatable bonds is 14. The lowest BCUT2D eigenvalue weighted by Gasteiger charge is -2.31. The number of anilines is 1. The van der Waals surface area contributed by atoms with Crippen LogP contribution < -0.4 is 15.4 Å². The van der Waals surface area contributed by atoms with Crippen molar-refractivity contribution in [1.82, 2.24) is 15.2 Å². The van der Waals surface area contributed by atoms with E-state index in [9.17, 15) is 18.0 Å². The third-order valence-electron chi connectivity index (χ3n) is 10.8. The summed E-state index contributed by atoms with van der Waals surface area (Å²) in [7, 11) is 0. The first-order valence-corrected chi connectivity index (χ1v) is 20.1. The first-order valence-electron chi connectivity index (χ1n) is 20.1. The molecule has 0 radical (unpaired) electrons. The van der Waals surface area contributed by atoms with E-state index in [4.69, 9.17) is 4.74 Å². The number of alkyl halides is 3. The molecule has 2 N–H and O–H groups in total. The van der Waals surface area contributed by atoms with E-state index in [1.54, 1.807) is 72.9 Å². The zero-order valence-corrected chi connectivity index (χ0v) is 31.9. The van der Waals surface area contributed by atoms with E-state index >= 15 is 4.39 Å². The van der Waals surface area contributed by atoms with E-state index in [-0.39, 0.29) is 29.7 Å². The highest BCUT2D eigenvalue weighted by Gasteiger charge is 2.32. The molecule has 1 atom stereocenters. The van der Waals surface area contributed by atoms with Crippen LogP contribution in [0.5, 0.6) is 5.88 Å². The Morgan fingerprint density at radius 3 is 2.33 bits per heavy atom. The van der Waals surface area contributed by atoms with Gasteiger partial charge in [0.05, 0.1) is 6.42 Å². The summed E-state index contributed by atoms with van der Waals surface area (Å²) in [5, 5.41) is 6.62. The van der Waals surface area contributed by atoms with Crippen molar-refractivity contribution in [1.29, 1.82) is 0 Å².